The Bertz CT molecular complexity index is 338. The molecule has 0 fully saturated rings. The highest BCUT2D eigenvalue weighted by Crippen LogP contribution is 1.95. The normalized spacial score (nSPS) is 11.2. The van der Waals surface area contributed by atoms with Crippen molar-refractivity contribution >= 4 is 21.9 Å². The van der Waals surface area contributed by atoms with Crippen molar-refractivity contribution in [1.29, 1.82) is 0 Å². The number of amides is 1. The van der Waals surface area contributed by atoms with Crippen molar-refractivity contribution in [2.75, 3.05) is 12.3 Å². The number of carbonyl (C=O) groups excluding carboxylic acids is 1. The Hall–Kier alpha value is -1.15. The van der Waals surface area contributed by atoms with Crippen LogP contribution in [0.15, 0.2) is 0 Å². The molecular weight excluding hydrogens is 236 g/mol. The highest BCUT2D eigenvalue weighted by Gasteiger charge is 2.11. The molecule has 0 aliphatic heterocycles. The van der Waals surface area contributed by atoms with Crippen molar-refractivity contribution in [2.24, 2.45) is 5.73 Å². The van der Waals surface area contributed by atoms with Crippen LogP contribution in [0.5, 0.6) is 0 Å². The first kappa shape index (κ1) is 14.8. The lowest BCUT2D eigenvalue weighted by Crippen LogP contribution is -2.28. The summed E-state index contributed by atoms with van der Waals surface area (Å²) in [5.41, 5.74) is 4.90. The van der Waals surface area contributed by atoms with E-state index in [1.165, 1.54) is 0 Å². The summed E-state index contributed by atoms with van der Waals surface area (Å²) in [6.45, 7) is 0.190. The molecule has 94 valence electrons. The van der Waals surface area contributed by atoms with Crippen LogP contribution in [0.2, 0.25) is 0 Å². The third-order valence-corrected chi connectivity index (χ3v) is 3.14. The number of unbranched alkanes of at least 4 members (excludes halogenated alkanes) is 1. The maximum atomic E-state index is 11.2. The molecule has 1 amide bonds. The van der Waals surface area contributed by atoms with Crippen molar-refractivity contribution in [2.45, 2.75) is 25.7 Å². The fourth-order valence-corrected chi connectivity index (χ4v) is 1.99. The van der Waals surface area contributed by atoms with Gasteiger partial charge in [-0.1, -0.05) is 0 Å². The third-order valence-electron chi connectivity index (χ3n) is 1.76. The fraction of sp³-hybridized carbons (Fsp3) is 0.750. The van der Waals surface area contributed by atoms with Crippen LogP contribution in [0.1, 0.15) is 25.7 Å². The Labute approximate surface area is 94.1 Å². The van der Waals surface area contributed by atoms with Crippen LogP contribution in [-0.4, -0.2) is 37.7 Å². The predicted molar refractivity (Wildman–Crippen MR) is 57.1 cm³/mol. The molecule has 0 radical (unpaired) electrons. The number of carboxylic acids is 1. The summed E-state index contributed by atoms with van der Waals surface area (Å²) < 4.78 is 24.6. The molecule has 0 bridgehead atoms. The molecule has 4 N–H and O–H groups in total. The molecule has 0 spiro atoms. The van der Waals surface area contributed by atoms with Crippen LogP contribution in [0.3, 0.4) is 0 Å². The van der Waals surface area contributed by atoms with Gasteiger partial charge in [-0.15, -0.1) is 0 Å². The van der Waals surface area contributed by atoms with Crippen LogP contribution >= 0.6 is 0 Å². The van der Waals surface area contributed by atoms with Gasteiger partial charge >= 0.3 is 5.97 Å². The number of aliphatic carboxylic acids is 1. The van der Waals surface area contributed by atoms with Crippen molar-refractivity contribution < 1.29 is 23.1 Å². The van der Waals surface area contributed by atoms with E-state index in [2.05, 4.69) is 4.72 Å². The van der Waals surface area contributed by atoms with Gasteiger partial charge in [-0.3, -0.25) is 9.59 Å². The average Bonchev–Trinajstić information content (AvgIpc) is 2.14. The first-order chi connectivity index (χ1) is 7.33. The Kier molecular flexibility index (Phi) is 6.66. The number of nitrogens with two attached hydrogens (primary N) is 1. The molecule has 0 aromatic carbocycles. The molecule has 0 aromatic rings. The van der Waals surface area contributed by atoms with Gasteiger partial charge < -0.3 is 10.8 Å². The average molecular weight is 252 g/mol. The van der Waals surface area contributed by atoms with E-state index in [1.807, 2.05) is 0 Å². The van der Waals surface area contributed by atoms with E-state index in [9.17, 15) is 18.0 Å². The second kappa shape index (κ2) is 7.18. The number of hydrogen-bond donors (Lipinski definition) is 3. The van der Waals surface area contributed by atoms with Crippen molar-refractivity contribution in [3.63, 3.8) is 0 Å². The smallest absolute Gasteiger partial charge is 0.304 e. The van der Waals surface area contributed by atoms with Gasteiger partial charge in [0.15, 0.2) is 0 Å². The zero-order valence-corrected chi connectivity index (χ0v) is 9.62. The highest BCUT2D eigenvalue weighted by molar-refractivity contribution is 7.89. The molecule has 0 atom stereocenters. The minimum atomic E-state index is -3.52. The maximum Gasteiger partial charge on any atom is 0.304 e. The van der Waals surface area contributed by atoms with Gasteiger partial charge in [-0.05, 0) is 12.8 Å². The van der Waals surface area contributed by atoms with E-state index < -0.39 is 34.1 Å². The Morgan fingerprint density at radius 3 is 2.31 bits per heavy atom. The van der Waals surface area contributed by atoms with E-state index in [4.69, 9.17) is 10.8 Å². The lowest BCUT2D eigenvalue weighted by molar-refractivity contribution is -0.136. The molecule has 0 aliphatic rings. The summed E-state index contributed by atoms with van der Waals surface area (Å²) in [7, 11) is -3.52. The number of rotatable bonds is 9. The number of primary amides is 1. The van der Waals surface area contributed by atoms with Gasteiger partial charge in [-0.2, -0.15) is 0 Å². The van der Waals surface area contributed by atoms with Gasteiger partial charge in [0.1, 0.15) is 0 Å². The maximum absolute atomic E-state index is 11.2. The summed E-state index contributed by atoms with van der Waals surface area (Å²) in [5.74, 6) is -2.01. The van der Waals surface area contributed by atoms with Gasteiger partial charge in [0.05, 0.1) is 12.2 Å². The monoisotopic (exact) mass is 252 g/mol. The lowest BCUT2D eigenvalue weighted by Gasteiger charge is -2.04. The Morgan fingerprint density at radius 1 is 1.19 bits per heavy atom. The first-order valence-corrected chi connectivity index (χ1v) is 6.46. The number of nitrogens with one attached hydrogen (secondary N) is 1. The standard InChI is InChI=1S/C8H16N2O5S/c9-7(11)3-1-2-5-10-16(14,15)6-4-8(12)13/h10H,1-6H2,(H2,9,11)(H,12,13). The zero-order valence-electron chi connectivity index (χ0n) is 8.81. The van der Waals surface area contributed by atoms with Crippen molar-refractivity contribution in [3.05, 3.63) is 0 Å². The largest absolute Gasteiger partial charge is 0.481 e. The summed E-state index contributed by atoms with van der Waals surface area (Å²) in [6, 6.07) is 0. The topological polar surface area (TPSA) is 127 Å². The molecule has 7 nitrogen and oxygen atoms in total. The van der Waals surface area contributed by atoms with Crippen molar-refractivity contribution in [1.82, 2.24) is 4.72 Å². The molecule has 0 aromatic heterocycles. The number of carbonyl (C=O) groups is 2. The van der Waals surface area contributed by atoms with Gasteiger partial charge in [0, 0.05) is 13.0 Å². The molecule has 0 saturated heterocycles. The Balaban J connectivity index is 3.66. The molecule has 0 rings (SSSR count). The summed E-state index contributed by atoms with van der Waals surface area (Å²) in [5, 5.41) is 8.30. The van der Waals surface area contributed by atoms with E-state index in [0.29, 0.717) is 12.8 Å². The summed E-state index contributed by atoms with van der Waals surface area (Å²) in [6.07, 6.45) is 0.805. The second-order valence-electron chi connectivity index (χ2n) is 3.28. The molecule has 0 aliphatic carbocycles. The molecule has 8 heteroatoms. The van der Waals surface area contributed by atoms with Gasteiger partial charge in [-0.25, -0.2) is 13.1 Å². The third kappa shape index (κ3) is 9.41. The van der Waals surface area contributed by atoms with Crippen LogP contribution in [0.25, 0.3) is 0 Å². The minimum Gasteiger partial charge on any atom is -0.481 e. The Morgan fingerprint density at radius 2 is 1.81 bits per heavy atom. The van der Waals surface area contributed by atoms with E-state index in [1.54, 1.807) is 0 Å². The second-order valence-corrected chi connectivity index (χ2v) is 5.21. The van der Waals surface area contributed by atoms with E-state index in [0.717, 1.165) is 0 Å². The molecule has 0 saturated carbocycles. The van der Waals surface area contributed by atoms with Crippen LogP contribution in [0, 0.1) is 0 Å². The summed E-state index contributed by atoms with van der Waals surface area (Å²) >= 11 is 0. The van der Waals surface area contributed by atoms with E-state index >= 15 is 0 Å². The number of carboxylic acid groups (broad SMARTS) is 1. The highest BCUT2D eigenvalue weighted by atomic mass is 32.2. The van der Waals surface area contributed by atoms with Crippen LogP contribution < -0.4 is 10.5 Å². The molecule has 0 unspecified atom stereocenters. The first-order valence-electron chi connectivity index (χ1n) is 4.81. The van der Waals surface area contributed by atoms with Gasteiger partial charge in [0.25, 0.3) is 0 Å². The van der Waals surface area contributed by atoms with Gasteiger partial charge in [0.2, 0.25) is 15.9 Å². The minimum absolute atomic E-state index is 0.190. The SMILES string of the molecule is NC(=O)CCCCNS(=O)(=O)CCC(=O)O. The zero-order chi connectivity index (χ0) is 12.6. The van der Waals surface area contributed by atoms with Crippen LogP contribution in [0.4, 0.5) is 0 Å². The molecular formula is C8H16N2O5S. The molecule has 16 heavy (non-hydrogen) atoms. The lowest BCUT2D eigenvalue weighted by atomic mass is 10.2. The quantitative estimate of drug-likeness (QED) is 0.455. The predicted octanol–water partition coefficient (Wildman–Crippen LogP) is -0.964. The van der Waals surface area contributed by atoms with Crippen LogP contribution in [-0.2, 0) is 19.6 Å². The summed E-state index contributed by atoms with van der Waals surface area (Å²) in [4.78, 5) is 20.5. The number of sulfonamides is 1. The van der Waals surface area contributed by atoms with Crippen molar-refractivity contribution in [3.8, 4) is 0 Å². The fourth-order valence-electron chi connectivity index (χ4n) is 0.946. The van der Waals surface area contributed by atoms with E-state index in [-0.39, 0.29) is 13.0 Å². The number of hydrogen-bond acceptors (Lipinski definition) is 4. The molecule has 0 heterocycles.